The first-order valence-electron chi connectivity index (χ1n) is 8.58. The Morgan fingerprint density at radius 2 is 2.12 bits per heavy atom. The number of rotatable bonds is 6. The summed E-state index contributed by atoms with van der Waals surface area (Å²) in [6.45, 7) is 5.16. The van der Waals surface area contributed by atoms with Crippen molar-refractivity contribution in [2.24, 2.45) is 10.9 Å². The van der Waals surface area contributed by atoms with Crippen LogP contribution in [-0.4, -0.2) is 62.6 Å². The van der Waals surface area contributed by atoms with Gasteiger partial charge in [-0.3, -0.25) is 14.6 Å². The van der Waals surface area contributed by atoms with Crippen molar-refractivity contribution in [3.8, 4) is 0 Å². The number of methoxy groups -OCH3 is 1. The zero-order valence-corrected chi connectivity index (χ0v) is 14.8. The fraction of sp³-hybridized carbons (Fsp3) is 0.588. The van der Waals surface area contributed by atoms with Crippen molar-refractivity contribution >= 4 is 17.8 Å². The van der Waals surface area contributed by atoms with Crippen LogP contribution in [0.2, 0.25) is 0 Å². The fourth-order valence-corrected chi connectivity index (χ4v) is 2.75. The number of hydrogen-bond acceptors (Lipinski definition) is 5. The van der Waals surface area contributed by atoms with Crippen LogP contribution in [0.5, 0.6) is 0 Å². The number of aliphatic imine (C=N–C) groups is 1. The summed E-state index contributed by atoms with van der Waals surface area (Å²) in [5.74, 6) is 0.682. The van der Waals surface area contributed by atoms with E-state index < -0.39 is 0 Å². The van der Waals surface area contributed by atoms with E-state index in [-0.39, 0.29) is 17.8 Å². The van der Waals surface area contributed by atoms with Crippen LogP contribution in [0.4, 0.5) is 0 Å². The van der Waals surface area contributed by atoms with E-state index in [4.69, 9.17) is 9.15 Å². The van der Waals surface area contributed by atoms with Gasteiger partial charge in [-0.2, -0.15) is 0 Å². The lowest BCUT2D eigenvalue weighted by Crippen LogP contribution is -2.47. The van der Waals surface area contributed by atoms with E-state index in [1.165, 1.54) is 13.4 Å². The summed E-state index contributed by atoms with van der Waals surface area (Å²) in [5, 5.41) is 6.02. The molecule has 1 aromatic heterocycles. The predicted molar refractivity (Wildman–Crippen MR) is 93.3 cm³/mol. The molecule has 25 heavy (non-hydrogen) atoms. The number of likely N-dealkylation sites (tertiary alicyclic amines) is 1. The average molecular weight is 350 g/mol. The maximum Gasteiger partial charge on any atom is 0.308 e. The van der Waals surface area contributed by atoms with Gasteiger partial charge >= 0.3 is 5.97 Å². The van der Waals surface area contributed by atoms with Gasteiger partial charge in [-0.15, -0.1) is 0 Å². The third-order valence-corrected chi connectivity index (χ3v) is 4.07. The Morgan fingerprint density at radius 3 is 2.72 bits per heavy atom. The smallest absolute Gasteiger partial charge is 0.308 e. The van der Waals surface area contributed by atoms with Crippen LogP contribution in [0.3, 0.4) is 0 Å². The molecule has 0 bridgehead atoms. The molecular weight excluding hydrogens is 324 g/mol. The molecule has 1 fully saturated rings. The van der Waals surface area contributed by atoms with Crippen LogP contribution in [0.1, 0.15) is 30.3 Å². The van der Waals surface area contributed by atoms with Crippen LogP contribution in [-0.2, 0) is 9.53 Å². The molecule has 1 amide bonds. The summed E-state index contributed by atoms with van der Waals surface area (Å²) in [5.41, 5.74) is 0. The van der Waals surface area contributed by atoms with E-state index in [1.807, 2.05) is 6.92 Å². The van der Waals surface area contributed by atoms with Crippen LogP contribution in [0, 0.1) is 5.92 Å². The first-order chi connectivity index (χ1) is 12.2. The molecule has 8 nitrogen and oxygen atoms in total. The molecule has 138 valence electrons. The molecule has 0 atom stereocenters. The van der Waals surface area contributed by atoms with E-state index in [1.54, 1.807) is 12.1 Å². The number of hydrogen-bond donors (Lipinski definition) is 2. The molecule has 0 unspecified atom stereocenters. The Balaban J connectivity index is 1.80. The first kappa shape index (κ1) is 18.8. The topological polar surface area (TPSA) is 96.2 Å². The van der Waals surface area contributed by atoms with Crippen LogP contribution >= 0.6 is 0 Å². The number of furan rings is 1. The summed E-state index contributed by atoms with van der Waals surface area (Å²) in [6, 6.07) is 3.29. The number of piperidine rings is 1. The van der Waals surface area contributed by atoms with Crippen molar-refractivity contribution in [3.63, 3.8) is 0 Å². The molecule has 8 heteroatoms. The highest BCUT2D eigenvalue weighted by atomic mass is 16.5. The second kappa shape index (κ2) is 9.71. The van der Waals surface area contributed by atoms with Crippen molar-refractivity contribution in [3.05, 3.63) is 24.2 Å². The Kier molecular flexibility index (Phi) is 7.31. The SMILES string of the molecule is CCNC(=NCCNC(=O)c1ccco1)N1CCC(C(=O)OC)CC1. The van der Waals surface area contributed by atoms with E-state index in [9.17, 15) is 9.59 Å². The second-order valence-electron chi connectivity index (χ2n) is 5.75. The van der Waals surface area contributed by atoms with Gasteiger partial charge in [-0.05, 0) is 31.9 Å². The van der Waals surface area contributed by atoms with Crippen LogP contribution < -0.4 is 10.6 Å². The number of ether oxygens (including phenoxy) is 1. The molecular formula is C17H26N4O4. The average Bonchev–Trinajstić information content (AvgIpc) is 3.18. The highest BCUT2D eigenvalue weighted by molar-refractivity contribution is 5.91. The normalized spacial score (nSPS) is 15.8. The lowest BCUT2D eigenvalue weighted by molar-refractivity contribution is -0.146. The standard InChI is InChI=1S/C17H26N4O4/c1-3-18-17(21-10-6-13(7-11-21)16(23)24-2)20-9-8-19-15(22)14-5-4-12-25-14/h4-5,12-13H,3,6-11H2,1-2H3,(H,18,20)(H,19,22). The van der Waals surface area contributed by atoms with Gasteiger partial charge in [-0.25, -0.2) is 0 Å². The Morgan fingerprint density at radius 1 is 1.36 bits per heavy atom. The zero-order chi connectivity index (χ0) is 18.1. The molecule has 0 saturated carbocycles. The molecule has 2 rings (SSSR count). The number of carbonyl (C=O) groups excluding carboxylic acids is 2. The zero-order valence-electron chi connectivity index (χ0n) is 14.8. The Hall–Kier alpha value is -2.51. The minimum Gasteiger partial charge on any atom is -0.469 e. The molecule has 1 aromatic rings. The Bertz CT molecular complexity index is 577. The summed E-state index contributed by atoms with van der Waals surface area (Å²) in [6.07, 6.45) is 2.98. The Labute approximate surface area is 147 Å². The molecule has 0 aliphatic carbocycles. The van der Waals surface area contributed by atoms with E-state index >= 15 is 0 Å². The van der Waals surface area contributed by atoms with Gasteiger partial charge in [0, 0.05) is 26.2 Å². The number of nitrogens with one attached hydrogen (secondary N) is 2. The van der Waals surface area contributed by atoms with Gasteiger partial charge in [0.05, 0.1) is 25.8 Å². The maximum atomic E-state index is 11.8. The number of guanidine groups is 1. The number of nitrogens with zero attached hydrogens (tertiary/aromatic N) is 2. The van der Waals surface area contributed by atoms with Crippen molar-refractivity contribution in [1.29, 1.82) is 0 Å². The maximum absolute atomic E-state index is 11.8. The van der Waals surface area contributed by atoms with Gasteiger partial charge in [0.1, 0.15) is 0 Å². The number of carbonyl (C=O) groups is 2. The molecule has 0 radical (unpaired) electrons. The number of amides is 1. The summed E-state index contributed by atoms with van der Waals surface area (Å²) < 4.78 is 9.85. The van der Waals surface area contributed by atoms with Gasteiger partial charge in [0.25, 0.3) is 5.91 Å². The summed E-state index contributed by atoms with van der Waals surface area (Å²) in [7, 11) is 1.43. The molecule has 0 spiro atoms. The minimum absolute atomic E-state index is 0.0308. The molecule has 0 aromatic carbocycles. The fourth-order valence-electron chi connectivity index (χ4n) is 2.75. The van der Waals surface area contributed by atoms with Gasteiger partial charge < -0.3 is 24.7 Å². The monoisotopic (exact) mass is 350 g/mol. The highest BCUT2D eigenvalue weighted by Crippen LogP contribution is 2.18. The number of esters is 1. The quantitative estimate of drug-likeness (QED) is 0.342. The highest BCUT2D eigenvalue weighted by Gasteiger charge is 2.26. The molecule has 1 aliphatic heterocycles. The minimum atomic E-state index is -0.246. The van der Waals surface area contributed by atoms with E-state index in [0.29, 0.717) is 18.8 Å². The van der Waals surface area contributed by atoms with Crippen LogP contribution in [0.25, 0.3) is 0 Å². The van der Waals surface area contributed by atoms with Crippen molar-refractivity contribution in [1.82, 2.24) is 15.5 Å². The first-order valence-corrected chi connectivity index (χ1v) is 8.58. The summed E-state index contributed by atoms with van der Waals surface area (Å²) >= 11 is 0. The summed E-state index contributed by atoms with van der Waals surface area (Å²) in [4.78, 5) is 30.1. The van der Waals surface area contributed by atoms with Gasteiger partial charge in [0.2, 0.25) is 0 Å². The third kappa shape index (κ3) is 5.51. The largest absolute Gasteiger partial charge is 0.469 e. The van der Waals surface area contributed by atoms with E-state index in [2.05, 4.69) is 20.5 Å². The predicted octanol–water partition coefficient (Wildman–Crippen LogP) is 0.860. The van der Waals surface area contributed by atoms with Crippen molar-refractivity contribution in [2.45, 2.75) is 19.8 Å². The second-order valence-corrected chi connectivity index (χ2v) is 5.75. The molecule has 1 aliphatic rings. The third-order valence-electron chi connectivity index (χ3n) is 4.07. The molecule has 2 N–H and O–H groups in total. The van der Waals surface area contributed by atoms with Crippen molar-refractivity contribution < 1.29 is 18.7 Å². The van der Waals surface area contributed by atoms with E-state index in [0.717, 1.165) is 38.4 Å². The van der Waals surface area contributed by atoms with Gasteiger partial charge in [0.15, 0.2) is 11.7 Å². The van der Waals surface area contributed by atoms with Crippen molar-refractivity contribution in [2.75, 3.05) is 39.8 Å². The van der Waals surface area contributed by atoms with Crippen LogP contribution in [0.15, 0.2) is 27.8 Å². The lowest BCUT2D eigenvalue weighted by atomic mass is 9.97. The lowest BCUT2D eigenvalue weighted by Gasteiger charge is -2.33. The molecule has 1 saturated heterocycles. The molecule has 2 heterocycles. The van der Waals surface area contributed by atoms with Gasteiger partial charge in [-0.1, -0.05) is 0 Å².